The predicted molar refractivity (Wildman–Crippen MR) is 112 cm³/mol. The number of carbonyl (C=O) groups is 1. The van der Waals surface area contributed by atoms with Crippen molar-refractivity contribution < 1.29 is 19.0 Å². The average Bonchev–Trinajstić information content (AvgIpc) is 3.34. The number of ether oxygens (including phenoxy) is 3. The van der Waals surface area contributed by atoms with Crippen molar-refractivity contribution in [2.75, 3.05) is 18.7 Å². The lowest BCUT2D eigenvalue weighted by Gasteiger charge is -2.09. The molecule has 1 N–H and O–H groups in total. The summed E-state index contributed by atoms with van der Waals surface area (Å²) in [5.41, 5.74) is 3.10. The molecule has 0 radical (unpaired) electrons. The monoisotopic (exact) mass is 388 g/mol. The molecular weight excluding hydrogens is 368 g/mol. The Morgan fingerprint density at radius 2 is 1.83 bits per heavy atom. The average molecular weight is 388 g/mol. The van der Waals surface area contributed by atoms with Gasteiger partial charge in [0.05, 0.1) is 0 Å². The molecule has 3 aromatic carbocycles. The first-order chi connectivity index (χ1) is 14.2. The number of rotatable bonds is 5. The molecule has 4 aromatic rings. The van der Waals surface area contributed by atoms with E-state index in [2.05, 4.69) is 28.9 Å². The van der Waals surface area contributed by atoms with E-state index in [1.165, 1.54) is 10.9 Å². The zero-order chi connectivity index (χ0) is 19.8. The number of fused-ring (bicyclic) bond motifs is 4. The third-order valence-corrected chi connectivity index (χ3v) is 5.09. The second-order valence-electron chi connectivity index (χ2n) is 6.85. The molecule has 0 fully saturated rings. The third-order valence-electron chi connectivity index (χ3n) is 5.09. The highest BCUT2D eigenvalue weighted by Crippen LogP contribution is 2.35. The minimum atomic E-state index is -0.221. The van der Waals surface area contributed by atoms with Crippen molar-refractivity contribution in [3.8, 4) is 17.2 Å². The van der Waals surface area contributed by atoms with Gasteiger partial charge in [0.15, 0.2) is 18.1 Å². The van der Waals surface area contributed by atoms with E-state index in [1.807, 2.05) is 30.3 Å². The van der Waals surface area contributed by atoms with Crippen LogP contribution in [0.3, 0.4) is 0 Å². The van der Waals surface area contributed by atoms with Crippen molar-refractivity contribution in [2.24, 2.45) is 0 Å². The largest absolute Gasteiger partial charge is 0.484 e. The number of hydrogen-bond donors (Lipinski definition) is 1. The molecule has 0 bridgehead atoms. The Labute approximate surface area is 167 Å². The second-order valence-corrected chi connectivity index (χ2v) is 6.85. The lowest BCUT2D eigenvalue weighted by molar-refractivity contribution is -0.118. The Balaban J connectivity index is 1.33. The van der Waals surface area contributed by atoms with Gasteiger partial charge in [0.2, 0.25) is 6.79 Å². The fourth-order valence-electron chi connectivity index (χ4n) is 3.78. The normalized spacial score (nSPS) is 12.4. The van der Waals surface area contributed by atoms with E-state index < -0.39 is 0 Å². The Kier molecular flexibility index (Phi) is 4.24. The number of amides is 1. The number of aryl methyl sites for hydroxylation is 1. The van der Waals surface area contributed by atoms with Crippen molar-refractivity contribution in [3.05, 3.63) is 60.7 Å². The van der Waals surface area contributed by atoms with Gasteiger partial charge in [0, 0.05) is 40.1 Å². The van der Waals surface area contributed by atoms with Crippen LogP contribution in [0.2, 0.25) is 0 Å². The first-order valence-corrected chi connectivity index (χ1v) is 9.56. The van der Waals surface area contributed by atoms with E-state index in [9.17, 15) is 4.79 Å². The Hall–Kier alpha value is -3.67. The van der Waals surface area contributed by atoms with Crippen LogP contribution < -0.4 is 19.5 Å². The van der Waals surface area contributed by atoms with Gasteiger partial charge in [-0.05, 0) is 43.3 Å². The van der Waals surface area contributed by atoms with Crippen molar-refractivity contribution >= 4 is 33.4 Å². The van der Waals surface area contributed by atoms with E-state index in [0.717, 1.165) is 23.1 Å². The van der Waals surface area contributed by atoms with Gasteiger partial charge in [-0.15, -0.1) is 0 Å². The smallest absolute Gasteiger partial charge is 0.262 e. The summed E-state index contributed by atoms with van der Waals surface area (Å²) < 4.78 is 18.5. The van der Waals surface area contributed by atoms with E-state index in [1.54, 1.807) is 18.2 Å². The van der Waals surface area contributed by atoms with Crippen molar-refractivity contribution in [3.63, 3.8) is 0 Å². The predicted octanol–water partition coefficient (Wildman–Crippen LogP) is 4.56. The summed E-state index contributed by atoms with van der Waals surface area (Å²) in [7, 11) is 0. The van der Waals surface area contributed by atoms with Gasteiger partial charge in [-0.3, -0.25) is 4.79 Å². The molecule has 6 heteroatoms. The number of aromatic nitrogens is 1. The molecule has 1 aromatic heterocycles. The van der Waals surface area contributed by atoms with Crippen LogP contribution in [-0.2, 0) is 11.3 Å². The van der Waals surface area contributed by atoms with Gasteiger partial charge in [-0.1, -0.05) is 18.2 Å². The summed E-state index contributed by atoms with van der Waals surface area (Å²) in [5.74, 6) is 1.65. The van der Waals surface area contributed by atoms with Gasteiger partial charge >= 0.3 is 0 Å². The lowest BCUT2D eigenvalue weighted by atomic mass is 10.1. The van der Waals surface area contributed by atoms with Crippen LogP contribution in [0.4, 0.5) is 5.69 Å². The fraction of sp³-hybridized carbons (Fsp3) is 0.174. The zero-order valence-electron chi connectivity index (χ0n) is 16.0. The van der Waals surface area contributed by atoms with Gasteiger partial charge < -0.3 is 24.1 Å². The second kappa shape index (κ2) is 7.05. The molecule has 1 amide bonds. The third kappa shape index (κ3) is 3.12. The van der Waals surface area contributed by atoms with Crippen LogP contribution in [0.1, 0.15) is 6.92 Å². The SMILES string of the molecule is CCn1c2ccccc2c2cc(NC(=O)COc3ccc4c(c3)OCO4)ccc21. The van der Waals surface area contributed by atoms with Gasteiger partial charge in [0.25, 0.3) is 5.91 Å². The summed E-state index contributed by atoms with van der Waals surface area (Å²) in [6, 6.07) is 19.5. The molecule has 0 aliphatic carbocycles. The molecule has 29 heavy (non-hydrogen) atoms. The highest BCUT2D eigenvalue weighted by molar-refractivity contribution is 6.09. The first kappa shape index (κ1) is 17.4. The number of nitrogens with zero attached hydrogens (tertiary/aromatic N) is 1. The Bertz CT molecular complexity index is 1230. The fourth-order valence-corrected chi connectivity index (χ4v) is 3.78. The van der Waals surface area contributed by atoms with Crippen LogP contribution in [0.25, 0.3) is 21.8 Å². The molecule has 0 atom stereocenters. The summed E-state index contributed by atoms with van der Waals surface area (Å²) >= 11 is 0. The summed E-state index contributed by atoms with van der Waals surface area (Å²) in [6.45, 7) is 3.14. The maximum Gasteiger partial charge on any atom is 0.262 e. The van der Waals surface area contributed by atoms with Crippen LogP contribution in [0.5, 0.6) is 17.2 Å². The number of nitrogens with one attached hydrogen (secondary N) is 1. The molecule has 1 aliphatic heterocycles. The maximum atomic E-state index is 12.4. The molecule has 0 unspecified atom stereocenters. The summed E-state index contributed by atoms with van der Waals surface area (Å²) in [4.78, 5) is 12.4. The Morgan fingerprint density at radius 1 is 1.00 bits per heavy atom. The van der Waals surface area contributed by atoms with Crippen molar-refractivity contribution in [1.82, 2.24) is 4.57 Å². The molecule has 0 spiro atoms. The molecule has 0 saturated carbocycles. The van der Waals surface area contributed by atoms with Crippen LogP contribution in [0, 0.1) is 0 Å². The van der Waals surface area contributed by atoms with Crippen LogP contribution >= 0.6 is 0 Å². The number of para-hydroxylation sites is 1. The summed E-state index contributed by atoms with van der Waals surface area (Å²) in [5, 5.41) is 5.22. The Morgan fingerprint density at radius 3 is 2.72 bits per heavy atom. The minimum Gasteiger partial charge on any atom is -0.484 e. The number of benzene rings is 3. The van der Waals surface area contributed by atoms with Crippen molar-refractivity contribution in [2.45, 2.75) is 13.5 Å². The lowest BCUT2D eigenvalue weighted by Crippen LogP contribution is -2.20. The van der Waals surface area contributed by atoms with E-state index in [0.29, 0.717) is 17.2 Å². The van der Waals surface area contributed by atoms with Crippen LogP contribution in [0.15, 0.2) is 60.7 Å². The van der Waals surface area contributed by atoms with E-state index in [-0.39, 0.29) is 19.3 Å². The van der Waals surface area contributed by atoms with E-state index in [4.69, 9.17) is 14.2 Å². The molecule has 0 saturated heterocycles. The number of carbonyl (C=O) groups excluding carboxylic acids is 1. The highest BCUT2D eigenvalue weighted by Gasteiger charge is 2.15. The molecular formula is C23H20N2O4. The van der Waals surface area contributed by atoms with Crippen LogP contribution in [-0.4, -0.2) is 23.9 Å². The van der Waals surface area contributed by atoms with Crippen molar-refractivity contribution in [1.29, 1.82) is 0 Å². The molecule has 6 nitrogen and oxygen atoms in total. The standard InChI is InChI=1S/C23H20N2O4/c1-2-25-19-6-4-3-5-17(19)18-11-15(7-9-20(18)25)24-23(26)13-27-16-8-10-21-22(12-16)29-14-28-21/h3-12H,2,13-14H2,1H3,(H,24,26). The number of anilines is 1. The van der Waals surface area contributed by atoms with Gasteiger partial charge in [-0.2, -0.15) is 0 Å². The minimum absolute atomic E-state index is 0.0889. The quantitative estimate of drug-likeness (QED) is 0.544. The first-order valence-electron chi connectivity index (χ1n) is 9.56. The van der Waals surface area contributed by atoms with Gasteiger partial charge in [0.1, 0.15) is 5.75 Å². The molecule has 146 valence electrons. The van der Waals surface area contributed by atoms with E-state index >= 15 is 0 Å². The summed E-state index contributed by atoms with van der Waals surface area (Å²) in [6.07, 6.45) is 0. The molecule has 1 aliphatic rings. The topological polar surface area (TPSA) is 61.7 Å². The molecule has 5 rings (SSSR count). The molecule has 2 heterocycles. The zero-order valence-corrected chi connectivity index (χ0v) is 16.0. The van der Waals surface area contributed by atoms with Gasteiger partial charge in [-0.25, -0.2) is 0 Å². The maximum absolute atomic E-state index is 12.4. The highest BCUT2D eigenvalue weighted by atomic mass is 16.7. The number of hydrogen-bond acceptors (Lipinski definition) is 4.